The van der Waals surface area contributed by atoms with Crippen LogP contribution in [-0.2, 0) is 0 Å². The molecule has 0 bridgehead atoms. The SMILES string of the molecule is CC(C)N1[SiH2]N[SiH2]N[Si]1(C(C)C)C(C)C. The van der Waals surface area contributed by atoms with E-state index in [0.29, 0.717) is 6.04 Å². The second kappa shape index (κ2) is 5.24. The standard InChI is InChI=1S/C9H27N3Si3/c1-7(2)12-14-10-13-11-15(12,8(3)4)9(5)6/h7-11H,13-14H2,1-6H3. The molecule has 1 fully saturated rings. The molecule has 1 aliphatic heterocycles. The number of hydrogen-bond donors (Lipinski definition) is 2. The van der Waals surface area contributed by atoms with Gasteiger partial charge in [-0.15, -0.1) is 0 Å². The monoisotopic (exact) mass is 261 g/mol. The summed E-state index contributed by atoms with van der Waals surface area (Å²) in [6.45, 7) is 14.4. The van der Waals surface area contributed by atoms with Crippen molar-refractivity contribution in [3.8, 4) is 0 Å². The van der Waals surface area contributed by atoms with E-state index in [0.717, 1.165) is 11.1 Å². The van der Waals surface area contributed by atoms with Crippen molar-refractivity contribution in [1.82, 2.24) is 13.5 Å². The summed E-state index contributed by atoms with van der Waals surface area (Å²) in [4.78, 5) is 0. The van der Waals surface area contributed by atoms with E-state index in [-0.39, 0.29) is 19.7 Å². The molecule has 0 atom stereocenters. The molecule has 0 aromatic rings. The predicted molar refractivity (Wildman–Crippen MR) is 76.3 cm³/mol. The van der Waals surface area contributed by atoms with Crippen LogP contribution in [0.4, 0.5) is 0 Å². The number of nitrogens with one attached hydrogen (secondary N) is 2. The number of hydrogen-bond acceptors (Lipinski definition) is 3. The predicted octanol–water partition coefficient (Wildman–Crippen LogP) is 0.149. The Morgan fingerprint density at radius 2 is 1.53 bits per heavy atom. The highest BCUT2D eigenvalue weighted by Gasteiger charge is 2.47. The Morgan fingerprint density at radius 1 is 1.00 bits per heavy atom. The van der Waals surface area contributed by atoms with E-state index in [1.807, 2.05) is 0 Å². The lowest BCUT2D eigenvalue weighted by Crippen LogP contribution is -2.78. The van der Waals surface area contributed by atoms with E-state index in [1.54, 1.807) is 0 Å². The van der Waals surface area contributed by atoms with Crippen molar-refractivity contribution >= 4 is 28.1 Å². The van der Waals surface area contributed by atoms with Crippen molar-refractivity contribution in [2.75, 3.05) is 0 Å². The Hall–Kier alpha value is 0.531. The largest absolute Gasteiger partial charge is 0.346 e. The summed E-state index contributed by atoms with van der Waals surface area (Å²) in [5, 5.41) is 0. The van der Waals surface area contributed by atoms with Gasteiger partial charge in [0, 0.05) is 0 Å². The van der Waals surface area contributed by atoms with Gasteiger partial charge in [-0.3, -0.25) is 0 Å². The van der Waals surface area contributed by atoms with E-state index >= 15 is 0 Å². The van der Waals surface area contributed by atoms with Crippen molar-refractivity contribution in [3.63, 3.8) is 0 Å². The Labute approximate surface area is 101 Å². The van der Waals surface area contributed by atoms with E-state index in [9.17, 15) is 0 Å². The van der Waals surface area contributed by atoms with Crippen LogP contribution in [0.2, 0.25) is 11.1 Å². The van der Waals surface area contributed by atoms with Crippen molar-refractivity contribution < 1.29 is 0 Å². The zero-order chi connectivity index (χ0) is 11.6. The first-order valence-corrected chi connectivity index (χ1v) is 11.0. The maximum atomic E-state index is 3.99. The fourth-order valence-electron chi connectivity index (χ4n) is 2.96. The van der Waals surface area contributed by atoms with Gasteiger partial charge in [0.25, 0.3) is 0 Å². The maximum Gasteiger partial charge on any atom is 0.197 e. The van der Waals surface area contributed by atoms with Gasteiger partial charge in [0.05, 0.1) is 0 Å². The van der Waals surface area contributed by atoms with Crippen LogP contribution >= 0.6 is 0 Å². The summed E-state index contributed by atoms with van der Waals surface area (Å²) in [6, 6.07) is 0.711. The molecule has 6 heteroatoms. The van der Waals surface area contributed by atoms with Crippen LogP contribution < -0.4 is 9.30 Å². The normalized spacial score (nSPS) is 26.2. The summed E-state index contributed by atoms with van der Waals surface area (Å²) in [5.41, 5.74) is 1.64. The Morgan fingerprint density at radius 3 is 1.87 bits per heavy atom. The van der Waals surface area contributed by atoms with Crippen molar-refractivity contribution in [3.05, 3.63) is 0 Å². The molecule has 0 saturated carbocycles. The fourth-order valence-corrected chi connectivity index (χ4v) is 20.3. The van der Waals surface area contributed by atoms with Crippen LogP contribution in [0.5, 0.6) is 0 Å². The van der Waals surface area contributed by atoms with E-state index in [4.69, 9.17) is 0 Å². The third-order valence-corrected chi connectivity index (χ3v) is 16.6. The Balaban J connectivity index is 2.99. The smallest absolute Gasteiger partial charge is 0.197 e. The van der Waals surface area contributed by atoms with Gasteiger partial charge in [-0.25, -0.2) is 0 Å². The van der Waals surface area contributed by atoms with Crippen LogP contribution in [-0.4, -0.2) is 38.4 Å². The molecule has 0 radical (unpaired) electrons. The molecule has 3 nitrogen and oxygen atoms in total. The van der Waals surface area contributed by atoms with E-state index in [1.165, 1.54) is 0 Å². The van der Waals surface area contributed by atoms with Crippen LogP contribution in [0, 0.1) is 0 Å². The van der Waals surface area contributed by atoms with Gasteiger partial charge in [-0.05, 0) is 17.1 Å². The molecule has 0 aromatic heterocycles. The van der Waals surface area contributed by atoms with Crippen molar-refractivity contribution in [2.45, 2.75) is 58.7 Å². The molecule has 1 heterocycles. The first-order chi connectivity index (χ1) is 6.93. The van der Waals surface area contributed by atoms with Crippen molar-refractivity contribution in [1.29, 1.82) is 0 Å². The third kappa shape index (κ3) is 2.45. The van der Waals surface area contributed by atoms with E-state index in [2.05, 4.69) is 55.1 Å². The number of rotatable bonds is 3. The zero-order valence-electron chi connectivity index (χ0n) is 11.1. The molecule has 0 amide bonds. The molecule has 0 unspecified atom stereocenters. The maximum absolute atomic E-state index is 3.99. The first-order valence-electron chi connectivity index (χ1n) is 6.15. The third-order valence-electron chi connectivity index (χ3n) is 3.64. The summed E-state index contributed by atoms with van der Waals surface area (Å²) < 4.78 is 10.6. The lowest BCUT2D eigenvalue weighted by atomic mass is 10.4. The van der Waals surface area contributed by atoms with Gasteiger partial charge >= 0.3 is 0 Å². The molecular formula is C9H27N3Si3. The summed E-state index contributed by atoms with van der Waals surface area (Å²) in [6.07, 6.45) is 0. The highest BCUT2D eigenvalue weighted by molar-refractivity contribution is 6.89. The summed E-state index contributed by atoms with van der Waals surface area (Å²) in [7, 11) is -1.72. The molecule has 2 N–H and O–H groups in total. The van der Waals surface area contributed by atoms with Gasteiger partial charge in [0.15, 0.2) is 28.1 Å². The minimum atomic E-state index is -1.39. The molecule has 0 aliphatic carbocycles. The van der Waals surface area contributed by atoms with Crippen molar-refractivity contribution in [2.24, 2.45) is 0 Å². The molecule has 15 heavy (non-hydrogen) atoms. The second-order valence-electron chi connectivity index (χ2n) is 5.46. The Bertz CT molecular complexity index is 201. The molecule has 0 aromatic carbocycles. The van der Waals surface area contributed by atoms with Crippen LogP contribution in [0.15, 0.2) is 0 Å². The Kier molecular flexibility index (Phi) is 4.75. The lowest BCUT2D eigenvalue weighted by molar-refractivity contribution is 0.481. The molecule has 1 aliphatic rings. The average molecular weight is 262 g/mol. The lowest BCUT2D eigenvalue weighted by Gasteiger charge is -2.53. The molecule has 1 rings (SSSR count). The van der Waals surface area contributed by atoms with Gasteiger partial charge in [-0.1, -0.05) is 41.5 Å². The van der Waals surface area contributed by atoms with Crippen LogP contribution in [0.25, 0.3) is 0 Å². The second-order valence-corrected chi connectivity index (χ2v) is 15.4. The first kappa shape index (κ1) is 13.6. The fraction of sp³-hybridized carbons (Fsp3) is 1.00. The topological polar surface area (TPSA) is 27.3 Å². The molecule has 0 spiro atoms. The minimum absolute atomic E-state index is 0.163. The minimum Gasteiger partial charge on any atom is -0.346 e. The van der Waals surface area contributed by atoms with Crippen LogP contribution in [0.1, 0.15) is 41.5 Å². The molecule has 90 valence electrons. The molecular weight excluding hydrogens is 234 g/mol. The van der Waals surface area contributed by atoms with Gasteiger partial charge in [-0.2, -0.15) is 0 Å². The molecule has 1 saturated heterocycles. The number of nitrogens with zero attached hydrogens (tertiary/aromatic N) is 1. The highest BCUT2D eigenvalue weighted by atomic mass is 28.4. The van der Waals surface area contributed by atoms with Gasteiger partial charge in [0.1, 0.15) is 0 Å². The van der Waals surface area contributed by atoms with Crippen LogP contribution in [0.3, 0.4) is 0 Å². The highest BCUT2D eigenvalue weighted by Crippen LogP contribution is 2.34. The van der Waals surface area contributed by atoms with Gasteiger partial charge < -0.3 is 13.5 Å². The van der Waals surface area contributed by atoms with E-state index < -0.39 is 8.40 Å². The zero-order valence-corrected chi connectivity index (χ0v) is 14.9. The summed E-state index contributed by atoms with van der Waals surface area (Å²) >= 11 is 0. The average Bonchev–Trinajstić information content (AvgIpc) is 2.16. The van der Waals surface area contributed by atoms with Gasteiger partial charge in [0.2, 0.25) is 0 Å². The quantitative estimate of drug-likeness (QED) is 0.708. The summed E-state index contributed by atoms with van der Waals surface area (Å²) in [5.74, 6) is 0.